The molecule has 0 aromatic carbocycles. The lowest BCUT2D eigenvalue weighted by Crippen LogP contribution is -2.30. The summed E-state index contributed by atoms with van der Waals surface area (Å²) in [5.74, 6) is -0.875. The van der Waals surface area contributed by atoms with Crippen LogP contribution in [0.25, 0.3) is 0 Å². The maximum Gasteiger partial charge on any atom is 0.306 e. The molecular formula is C54H100O6. The predicted octanol–water partition coefficient (Wildman–Crippen LogP) is 17.2. The van der Waals surface area contributed by atoms with Gasteiger partial charge in [-0.15, -0.1) is 0 Å². The van der Waals surface area contributed by atoms with Gasteiger partial charge in [0, 0.05) is 19.3 Å². The van der Waals surface area contributed by atoms with Crippen LogP contribution in [0, 0.1) is 0 Å². The van der Waals surface area contributed by atoms with Crippen molar-refractivity contribution in [1.29, 1.82) is 0 Å². The maximum atomic E-state index is 12.7. The summed E-state index contributed by atoms with van der Waals surface area (Å²) in [4.78, 5) is 37.7. The summed E-state index contributed by atoms with van der Waals surface area (Å²) in [5.41, 5.74) is 0. The Hall–Kier alpha value is -2.11. The van der Waals surface area contributed by atoms with Gasteiger partial charge in [-0.1, -0.05) is 238 Å². The molecule has 0 aliphatic carbocycles. The standard InChI is InChI=1S/C54H100O6/c1-4-7-10-13-16-18-20-22-24-26-27-29-30-32-34-36-38-41-44-47-53(56)59-50-51(49-58-52(55)46-43-40-15-12-9-6-3)60-54(57)48-45-42-39-37-35-33-31-28-25-23-21-19-17-14-11-8-5-2/h17,19,23,25,51H,4-16,18,20-22,24,26-50H2,1-3H3/b19-17-,25-23-. The molecule has 352 valence electrons. The highest BCUT2D eigenvalue weighted by Crippen LogP contribution is 2.16. The number of hydrogen-bond acceptors (Lipinski definition) is 6. The fourth-order valence-electron chi connectivity index (χ4n) is 7.71. The van der Waals surface area contributed by atoms with Gasteiger partial charge in [-0.2, -0.15) is 0 Å². The Morgan fingerprint density at radius 2 is 0.600 bits per heavy atom. The quantitative estimate of drug-likeness (QED) is 0.0263. The van der Waals surface area contributed by atoms with E-state index in [1.165, 1.54) is 173 Å². The van der Waals surface area contributed by atoms with Gasteiger partial charge in [-0.3, -0.25) is 14.4 Å². The van der Waals surface area contributed by atoms with E-state index in [0.29, 0.717) is 19.3 Å². The Labute approximate surface area is 373 Å². The van der Waals surface area contributed by atoms with Crippen LogP contribution in [0.1, 0.15) is 284 Å². The number of carbonyl (C=O) groups is 3. The van der Waals surface area contributed by atoms with Crippen LogP contribution >= 0.6 is 0 Å². The van der Waals surface area contributed by atoms with Crippen LogP contribution in [0.15, 0.2) is 24.3 Å². The molecule has 1 atom stereocenters. The number of esters is 3. The van der Waals surface area contributed by atoms with Crippen LogP contribution in [0.2, 0.25) is 0 Å². The molecule has 60 heavy (non-hydrogen) atoms. The van der Waals surface area contributed by atoms with Gasteiger partial charge in [0.25, 0.3) is 0 Å². The minimum absolute atomic E-state index is 0.0705. The van der Waals surface area contributed by atoms with Crippen molar-refractivity contribution < 1.29 is 28.6 Å². The Morgan fingerprint density at radius 3 is 0.950 bits per heavy atom. The summed E-state index contributed by atoms with van der Waals surface area (Å²) in [6.45, 7) is 6.58. The average molecular weight is 845 g/mol. The van der Waals surface area contributed by atoms with Crippen LogP contribution in [0.3, 0.4) is 0 Å². The highest BCUT2D eigenvalue weighted by Gasteiger charge is 2.19. The van der Waals surface area contributed by atoms with E-state index >= 15 is 0 Å². The first-order valence-electron chi connectivity index (χ1n) is 26.3. The van der Waals surface area contributed by atoms with Crippen LogP contribution in [0.5, 0.6) is 0 Å². The molecule has 6 nitrogen and oxygen atoms in total. The van der Waals surface area contributed by atoms with Crippen molar-refractivity contribution in [3.63, 3.8) is 0 Å². The van der Waals surface area contributed by atoms with Crippen molar-refractivity contribution in [3.05, 3.63) is 24.3 Å². The molecule has 0 bridgehead atoms. The number of rotatable bonds is 48. The highest BCUT2D eigenvalue weighted by atomic mass is 16.6. The lowest BCUT2D eigenvalue weighted by atomic mass is 10.0. The molecule has 0 aromatic rings. The fourth-order valence-corrected chi connectivity index (χ4v) is 7.71. The molecule has 0 rings (SSSR count). The molecular weight excluding hydrogens is 745 g/mol. The third kappa shape index (κ3) is 46.9. The van der Waals surface area contributed by atoms with Crippen LogP contribution in [-0.2, 0) is 28.6 Å². The normalized spacial score (nSPS) is 12.1. The summed E-state index contributed by atoms with van der Waals surface area (Å²) >= 11 is 0. The number of unbranched alkanes of at least 4 members (excludes halogenated alkanes) is 33. The van der Waals surface area contributed by atoms with E-state index in [9.17, 15) is 14.4 Å². The smallest absolute Gasteiger partial charge is 0.306 e. The first-order chi connectivity index (χ1) is 29.5. The maximum absolute atomic E-state index is 12.7. The minimum atomic E-state index is -0.768. The van der Waals surface area contributed by atoms with Gasteiger partial charge in [-0.05, 0) is 51.4 Å². The monoisotopic (exact) mass is 845 g/mol. The van der Waals surface area contributed by atoms with Crippen molar-refractivity contribution in [2.24, 2.45) is 0 Å². The first-order valence-corrected chi connectivity index (χ1v) is 26.3. The average Bonchev–Trinajstić information content (AvgIpc) is 3.24. The third-order valence-corrected chi connectivity index (χ3v) is 11.7. The van der Waals surface area contributed by atoms with E-state index in [1.54, 1.807) is 0 Å². The van der Waals surface area contributed by atoms with E-state index in [2.05, 4.69) is 45.1 Å². The first kappa shape index (κ1) is 57.9. The number of ether oxygens (including phenoxy) is 3. The second kappa shape index (κ2) is 49.5. The van der Waals surface area contributed by atoms with Crippen molar-refractivity contribution in [2.45, 2.75) is 290 Å². The van der Waals surface area contributed by atoms with E-state index in [-0.39, 0.29) is 31.1 Å². The molecule has 0 amide bonds. The highest BCUT2D eigenvalue weighted by molar-refractivity contribution is 5.71. The Bertz CT molecular complexity index is 973. The summed E-state index contributed by atoms with van der Waals surface area (Å²) < 4.78 is 16.7. The molecule has 0 saturated carbocycles. The van der Waals surface area contributed by atoms with Crippen molar-refractivity contribution in [2.75, 3.05) is 13.2 Å². The van der Waals surface area contributed by atoms with E-state index < -0.39 is 6.10 Å². The van der Waals surface area contributed by atoms with Gasteiger partial charge in [0.15, 0.2) is 6.10 Å². The van der Waals surface area contributed by atoms with Crippen LogP contribution in [-0.4, -0.2) is 37.2 Å². The van der Waals surface area contributed by atoms with Gasteiger partial charge in [0.05, 0.1) is 0 Å². The summed E-state index contributed by atoms with van der Waals surface area (Å²) in [6.07, 6.45) is 56.2. The molecule has 0 heterocycles. The molecule has 0 fully saturated rings. The molecule has 0 radical (unpaired) electrons. The SMILES string of the molecule is CCCCC/C=C\C/C=C\CCCCCCCCCC(=O)OC(COC(=O)CCCCCCCC)COC(=O)CCCCCCCCCCCCCCCCCCCCC. The lowest BCUT2D eigenvalue weighted by Gasteiger charge is -2.18. The molecule has 6 heteroatoms. The molecule has 0 aliphatic heterocycles. The second-order valence-corrected chi connectivity index (χ2v) is 17.8. The fraction of sp³-hybridized carbons (Fsp3) is 0.870. The van der Waals surface area contributed by atoms with E-state index in [0.717, 1.165) is 70.6 Å². The van der Waals surface area contributed by atoms with Gasteiger partial charge in [0.1, 0.15) is 13.2 Å². The van der Waals surface area contributed by atoms with Crippen molar-refractivity contribution in [3.8, 4) is 0 Å². The Morgan fingerprint density at radius 1 is 0.333 bits per heavy atom. The second-order valence-electron chi connectivity index (χ2n) is 17.8. The van der Waals surface area contributed by atoms with Crippen molar-refractivity contribution in [1.82, 2.24) is 0 Å². The molecule has 1 unspecified atom stereocenters. The molecule has 0 N–H and O–H groups in total. The summed E-state index contributed by atoms with van der Waals surface area (Å²) in [6, 6.07) is 0. The zero-order chi connectivity index (χ0) is 43.7. The van der Waals surface area contributed by atoms with Gasteiger partial charge in [0.2, 0.25) is 0 Å². The van der Waals surface area contributed by atoms with E-state index in [1.807, 2.05) is 0 Å². The predicted molar refractivity (Wildman–Crippen MR) is 256 cm³/mol. The van der Waals surface area contributed by atoms with Gasteiger partial charge >= 0.3 is 17.9 Å². The van der Waals surface area contributed by atoms with Gasteiger partial charge in [-0.25, -0.2) is 0 Å². The number of carbonyl (C=O) groups excluding carboxylic acids is 3. The zero-order valence-corrected chi connectivity index (χ0v) is 40.2. The topological polar surface area (TPSA) is 78.9 Å². The summed E-state index contributed by atoms with van der Waals surface area (Å²) in [7, 11) is 0. The molecule has 0 saturated heterocycles. The Balaban J connectivity index is 4.16. The van der Waals surface area contributed by atoms with Crippen molar-refractivity contribution >= 4 is 17.9 Å². The largest absolute Gasteiger partial charge is 0.462 e. The Kier molecular flexibility index (Phi) is 47.8. The third-order valence-electron chi connectivity index (χ3n) is 11.7. The zero-order valence-electron chi connectivity index (χ0n) is 40.2. The van der Waals surface area contributed by atoms with Gasteiger partial charge < -0.3 is 14.2 Å². The van der Waals surface area contributed by atoms with Crippen LogP contribution in [0.4, 0.5) is 0 Å². The number of hydrogen-bond donors (Lipinski definition) is 0. The van der Waals surface area contributed by atoms with Crippen LogP contribution < -0.4 is 0 Å². The van der Waals surface area contributed by atoms with E-state index in [4.69, 9.17) is 14.2 Å². The molecule has 0 aliphatic rings. The lowest BCUT2D eigenvalue weighted by molar-refractivity contribution is -0.167. The molecule has 0 aromatic heterocycles. The minimum Gasteiger partial charge on any atom is -0.462 e. The summed E-state index contributed by atoms with van der Waals surface area (Å²) in [5, 5.41) is 0. The number of allylic oxidation sites excluding steroid dienone is 4. The molecule has 0 spiro atoms.